The van der Waals surface area contributed by atoms with E-state index in [-0.39, 0.29) is 11.8 Å². The first kappa shape index (κ1) is 12.4. The lowest BCUT2D eigenvalue weighted by Gasteiger charge is -2.15. The first-order chi connectivity index (χ1) is 9.29. The number of aromatic hydroxyl groups is 1. The Morgan fingerprint density at radius 3 is 2.63 bits per heavy atom. The summed E-state index contributed by atoms with van der Waals surface area (Å²) < 4.78 is 0. The lowest BCUT2D eigenvalue weighted by atomic mass is 9.90. The summed E-state index contributed by atoms with van der Waals surface area (Å²) in [5.74, 6) is 0.886. The Labute approximate surface area is 113 Å². The molecule has 0 aliphatic heterocycles. The fourth-order valence-corrected chi connectivity index (χ4v) is 3.64. The molecule has 1 saturated carbocycles. The van der Waals surface area contributed by atoms with Gasteiger partial charge in [-0.3, -0.25) is 0 Å². The number of allylic oxidation sites excluding steroid dienone is 1. The maximum absolute atomic E-state index is 11.1. The molecule has 2 aliphatic carbocycles. The molecule has 1 N–H and O–H groups in total. The summed E-state index contributed by atoms with van der Waals surface area (Å²) in [6.45, 7) is 0. The normalized spacial score (nSPS) is 24.1. The third-order valence-corrected chi connectivity index (χ3v) is 4.50. The zero-order chi connectivity index (χ0) is 13.2. The second kappa shape index (κ2) is 5.16. The van der Waals surface area contributed by atoms with Crippen molar-refractivity contribution in [1.82, 2.24) is 0 Å². The summed E-state index contributed by atoms with van der Waals surface area (Å²) in [7, 11) is 0. The van der Waals surface area contributed by atoms with E-state index < -0.39 is 0 Å². The number of hydrogen-bond acceptors (Lipinski definition) is 3. The third-order valence-electron chi connectivity index (χ3n) is 4.50. The molecule has 0 heterocycles. The zero-order valence-electron chi connectivity index (χ0n) is 11.0. The number of nitrogens with zero attached hydrogens (tertiary/aromatic N) is 1. The molecule has 1 fully saturated rings. The number of nitroso groups, excluding NO2 is 1. The van der Waals surface area contributed by atoms with Crippen LogP contribution in [-0.4, -0.2) is 11.1 Å². The van der Waals surface area contributed by atoms with Gasteiger partial charge in [-0.25, -0.2) is 0 Å². The van der Waals surface area contributed by atoms with E-state index in [4.69, 9.17) is 0 Å². The summed E-state index contributed by atoms with van der Waals surface area (Å²) >= 11 is 0. The van der Waals surface area contributed by atoms with Crippen LogP contribution >= 0.6 is 0 Å². The summed E-state index contributed by atoms with van der Waals surface area (Å²) in [6, 6.07) is 7.01. The van der Waals surface area contributed by atoms with Gasteiger partial charge in [-0.15, -0.1) is 0 Å². The van der Waals surface area contributed by atoms with Crippen molar-refractivity contribution < 1.29 is 5.11 Å². The quantitative estimate of drug-likeness (QED) is 0.822. The molecule has 1 aromatic rings. The maximum atomic E-state index is 11.1. The fourth-order valence-electron chi connectivity index (χ4n) is 3.64. The summed E-state index contributed by atoms with van der Waals surface area (Å²) in [5.41, 5.74) is 3.49. The van der Waals surface area contributed by atoms with Crippen molar-refractivity contribution in [3.05, 3.63) is 40.3 Å². The molecule has 2 aliphatic rings. The molecule has 0 amide bonds. The Balaban J connectivity index is 2.04. The Morgan fingerprint density at radius 1 is 1.16 bits per heavy atom. The monoisotopic (exact) mass is 257 g/mol. The van der Waals surface area contributed by atoms with Crippen LogP contribution in [0.5, 0.6) is 5.75 Å². The Bertz CT molecular complexity index is 515. The Kier molecular flexibility index (Phi) is 3.36. The topological polar surface area (TPSA) is 49.7 Å². The second-order valence-corrected chi connectivity index (χ2v) is 5.63. The molecule has 1 aromatic carbocycles. The molecule has 0 saturated heterocycles. The molecule has 1 unspecified atom stereocenters. The first-order valence-electron chi connectivity index (χ1n) is 7.14. The van der Waals surface area contributed by atoms with Crippen molar-refractivity contribution in [2.24, 2.45) is 11.1 Å². The molecule has 1 atom stereocenters. The number of phenolic OH excluding ortho intramolecular Hbond substituents is 1. The van der Waals surface area contributed by atoms with Crippen LogP contribution in [-0.2, 0) is 0 Å². The van der Waals surface area contributed by atoms with Crippen molar-refractivity contribution in [2.75, 3.05) is 0 Å². The Hall–Kier alpha value is -1.64. The standard InChI is InChI=1S/C16H19NO2/c18-13-7-3-6-12(10-13)16-14(8-9-15(16)17-19)11-4-1-2-5-11/h3,6-7,10-11,15,18H,1-2,4-5,8-9H2. The van der Waals surface area contributed by atoms with Gasteiger partial charge < -0.3 is 5.11 Å². The van der Waals surface area contributed by atoms with E-state index >= 15 is 0 Å². The highest BCUT2D eigenvalue weighted by Gasteiger charge is 2.32. The second-order valence-electron chi connectivity index (χ2n) is 5.63. The van der Waals surface area contributed by atoms with E-state index in [2.05, 4.69) is 5.18 Å². The molecule has 3 nitrogen and oxygen atoms in total. The molecule has 0 radical (unpaired) electrons. The number of rotatable bonds is 3. The molecule has 19 heavy (non-hydrogen) atoms. The van der Waals surface area contributed by atoms with Crippen molar-refractivity contribution in [1.29, 1.82) is 0 Å². The summed E-state index contributed by atoms with van der Waals surface area (Å²) in [4.78, 5) is 11.1. The fraction of sp³-hybridized carbons (Fsp3) is 0.500. The van der Waals surface area contributed by atoms with Crippen LogP contribution in [0, 0.1) is 10.8 Å². The molecular formula is C16H19NO2. The van der Waals surface area contributed by atoms with E-state index in [9.17, 15) is 10.0 Å². The third kappa shape index (κ3) is 2.29. The van der Waals surface area contributed by atoms with Gasteiger partial charge in [-0.1, -0.05) is 35.7 Å². The van der Waals surface area contributed by atoms with Gasteiger partial charge in [0.05, 0.1) is 0 Å². The molecular weight excluding hydrogens is 238 g/mol. The van der Waals surface area contributed by atoms with Crippen molar-refractivity contribution in [3.8, 4) is 5.75 Å². The minimum absolute atomic E-state index is 0.225. The lowest BCUT2D eigenvalue weighted by molar-refractivity contribution is 0.475. The molecule has 3 rings (SSSR count). The van der Waals surface area contributed by atoms with Crippen LogP contribution < -0.4 is 0 Å². The van der Waals surface area contributed by atoms with Gasteiger partial charge in [0.15, 0.2) is 0 Å². The predicted octanol–water partition coefficient (Wildman–Crippen LogP) is 4.26. The van der Waals surface area contributed by atoms with Crippen molar-refractivity contribution >= 4 is 5.57 Å². The van der Waals surface area contributed by atoms with Gasteiger partial charge >= 0.3 is 0 Å². The van der Waals surface area contributed by atoms with E-state index in [0.29, 0.717) is 5.92 Å². The van der Waals surface area contributed by atoms with Gasteiger partial charge in [-0.05, 0) is 54.9 Å². The van der Waals surface area contributed by atoms with Crippen molar-refractivity contribution in [3.63, 3.8) is 0 Å². The van der Waals surface area contributed by atoms with Crippen LogP contribution in [0.15, 0.2) is 35.0 Å². The summed E-state index contributed by atoms with van der Waals surface area (Å²) in [6.07, 6.45) is 6.89. The van der Waals surface area contributed by atoms with Gasteiger partial charge in [-0.2, -0.15) is 4.91 Å². The highest BCUT2D eigenvalue weighted by Crippen LogP contribution is 2.45. The summed E-state index contributed by atoms with van der Waals surface area (Å²) in [5, 5.41) is 13.0. The van der Waals surface area contributed by atoms with Gasteiger partial charge in [0.25, 0.3) is 0 Å². The number of benzene rings is 1. The van der Waals surface area contributed by atoms with Crippen LogP contribution in [0.3, 0.4) is 0 Å². The smallest absolute Gasteiger partial charge is 0.118 e. The average molecular weight is 257 g/mol. The maximum Gasteiger partial charge on any atom is 0.118 e. The first-order valence-corrected chi connectivity index (χ1v) is 7.14. The lowest BCUT2D eigenvalue weighted by Crippen LogP contribution is -2.04. The van der Waals surface area contributed by atoms with E-state index in [0.717, 1.165) is 24.0 Å². The van der Waals surface area contributed by atoms with Crippen LogP contribution in [0.25, 0.3) is 5.57 Å². The van der Waals surface area contributed by atoms with Gasteiger partial charge in [0.2, 0.25) is 0 Å². The highest BCUT2D eigenvalue weighted by molar-refractivity contribution is 5.76. The zero-order valence-corrected chi connectivity index (χ0v) is 11.0. The Morgan fingerprint density at radius 2 is 1.95 bits per heavy atom. The van der Waals surface area contributed by atoms with Crippen LogP contribution in [0.1, 0.15) is 44.1 Å². The molecule has 3 heteroatoms. The minimum Gasteiger partial charge on any atom is -0.508 e. The largest absolute Gasteiger partial charge is 0.508 e. The van der Waals surface area contributed by atoms with Gasteiger partial charge in [0.1, 0.15) is 11.8 Å². The molecule has 100 valence electrons. The van der Waals surface area contributed by atoms with Crippen LogP contribution in [0.4, 0.5) is 0 Å². The number of hydrogen-bond donors (Lipinski definition) is 1. The average Bonchev–Trinajstić information content (AvgIpc) is 3.07. The van der Waals surface area contributed by atoms with Crippen LogP contribution in [0.2, 0.25) is 0 Å². The predicted molar refractivity (Wildman–Crippen MR) is 75.8 cm³/mol. The SMILES string of the molecule is O=NC1CCC(C2CCCC2)=C1c1cccc(O)c1. The minimum atomic E-state index is -0.225. The highest BCUT2D eigenvalue weighted by atomic mass is 16.3. The molecule has 0 spiro atoms. The van der Waals surface area contributed by atoms with E-state index in [1.165, 1.54) is 31.3 Å². The van der Waals surface area contributed by atoms with Gasteiger partial charge in [0, 0.05) is 0 Å². The van der Waals surface area contributed by atoms with E-state index in [1.54, 1.807) is 12.1 Å². The van der Waals surface area contributed by atoms with E-state index in [1.807, 2.05) is 12.1 Å². The van der Waals surface area contributed by atoms with Crippen molar-refractivity contribution in [2.45, 2.75) is 44.6 Å². The molecule has 0 bridgehead atoms. The number of phenols is 1. The molecule has 0 aromatic heterocycles.